The maximum atomic E-state index is 14.5. The lowest BCUT2D eigenvalue weighted by atomic mass is 9.82. The number of carboxylic acids is 1. The van der Waals surface area contributed by atoms with E-state index >= 15 is 0 Å². The Morgan fingerprint density at radius 3 is 1.86 bits per heavy atom. The molecular formula is C67H107N7O18Si-. The number of amides is 7. The highest BCUT2D eigenvalue weighted by atomic mass is 28.4. The van der Waals surface area contributed by atoms with E-state index in [0.717, 1.165) is 33.1 Å². The van der Waals surface area contributed by atoms with Gasteiger partial charge in [0.25, 0.3) is 24.2 Å². The number of hydrogen-bond donors (Lipinski definition) is 5. The summed E-state index contributed by atoms with van der Waals surface area (Å²) in [5.41, 5.74) is 7.79. The van der Waals surface area contributed by atoms with Gasteiger partial charge in [-0.05, 0) is 82.8 Å². The van der Waals surface area contributed by atoms with Gasteiger partial charge in [-0.1, -0.05) is 122 Å². The molecule has 2 unspecified atom stereocenters. The third-order valence-corrected chi connectivity index (χ3v) is 20.0. The number of carbonyl (C=O) groups excluding carboxylic acids is 9. The zero-order valence-electron chi connectivity index (χ0n) is 57.4. The molecule has 0 saturated carbocycles. The van der Waals surface area contributed by atoms with Crippen molar-refractivity contribution >= 4 is 73.9 Å². The van der Waals surface area contributed by atoms with Crippen molar-refractivity contribution < 1.29 is 85.6 Å². The smallest absolute Gasteiger partial charge is 0.334 e. The molecule has 523 valence electrons. The molecule has 1 aliphatic heterocycles. The van der Waals surface area contributed by atoms with Crippen LogP contribution in [0.5, 0.6) is 0 Å². The second kappa shape index (κ2) is 42.4. The minimum atomic E-state index is -2.89. The summed E-state index contributed by atoms with van der Waals surface area (Å²) >= 11 is 0. The second-order valence-corrected chi connectivity index (χ2v) is 27.8. The van der Waals surface area contributed by atoms with E-state index in [1.807, 2.05) is 40.7 Å². The Bertz CT molecular complexity index is 2680. The number of nitrogens with two attached hydrogens (primary N) is 1. The van der Waals surface area contributed by atoms with Gasteiger partial charge in [-0.2, -0.15) is 0 Å². The summed E-state index contributed by atoms with van der Waals surface area (Å²) in [7, 11) is -0.192. The Morgan fingerprint density at radius 1 is 0.763 bits per heavy atom. The third-order valence-electron chi connectivity index (χ3n) is 16.0. The van der Waals surface area contributed by atoms with Crippen molar-refractivity contribution in [2.24, 2.45) is 23.5 Å². The molecule has 1 heterocycles. The molecule has 0 aromatic heterocycles. The van der Waals surface area contributed by atoms with Crippen LogP contribution in [0.25, 0.3) is 5.57 Å². The number of imide groups is 1. The molecule has 9 atom stereocenters. The van der Waals surface area contributed by atoms with Crippen LogP contribution in [0.15, 0.2) is 72.4 Å². The second-order valence-electron chi connectivity index (χ2n) is 24.4. The summed E-state index contributed by atoms with van der Waals surface area (Å²) in [5.74, 6) is -7.38. The van der Waals surface area contributed by atoms with Crippen molar-refractivity contribution in [1.29, 1.82) is 0 Å². The zero-order valence-corrected chi connectivity index (χ0v) is 58.4. The summed E-state index contributed by atoms with van der Waals surface area (Å²) in [5, 5.41) is 17.1. The minimum Gasteiger partial charge on any atom is -0.545 e. The van der Waals surface area contributed by atoms with E-state index in [0.29, 0.717) is 56.8 Å². The number of nitrogens with zero attached hydrogens (tertiary/aromatic N) is 3. The first-order valence-electron chi connectivity index (χ1n) is 32.3. The van der Waals surface area contributed by atoms with E-state index < -0.39 is 104 Å². The number of rotatable bonds is 48. The summed E-state index contributed by atoms with van der Waals surface area (Å²) < 4.78 is 42.0. The summed E-state index contributed by atoms with van der Waals surface area (Å²) in [6.45, 7) is 27.5. The van der Waals surface area contributed by atoms with Gasteiger partial charge in [-0.25, -0.2) is 4.79 Å². The van der Waals surface area contributed by atoms with Gasteiger partial charge < -0.3 is 69.1 Å². The van der Waals surface area contributed by atoms with Crippen LogP contribution in [0.1, 0.15) is 134 Å². The normalized spacial score (nSPS) is 16.0. The van der Waals surface area contributed by atoms with Crippen LogP contribution in [0.4, 0.5) is 0 Å². The van der Waals surface area contributed by atoms with E-state index in [9.17, 15) is 53.1 Å². The van der Waals surface area contributed by atoms with E-state index in [-0.39, 0.29) is 93.6 Å². The Labute approximate surface area is 551 Å². The number of esters is 1. The zero-order chi connectivity index (χ0) is 70.0. The Hall–Kier alpha value is -6.94. The minimum absolute atomic E-state index is 0.0434. The van der Waals surface area contributed by atoms with Crippen LogP contribution in [0, 0.1) is 17.8 Å². The van der Waals surface area contributed by atoms with Crippen LogP contribution in [0.3, 0.4) is 0 Å². The average molecular weight is 1330 g/mol. The van der Waals surface area contributed by atoms with Gasteiger partial charge in [0.1, 0.15) is 38.8 Å². The molecule has 2 rings (SSSR count). The molecule has 1 aliphatic rings. The number of carboxylic acid groups (broad SMARTS) is 1. The van der Waals surface area contributed by atoms with Gasteiger partial charge in [-0.3, -0.25) is 48.1 Å². The van der Waals surface area contributed by atoms with Gasteiger partial charge in [-0.15, -0.1) is 12.1 Å². The van der Waals surface area contributed by atoms with E-state index in [1.54, 1.807) is 50.3 Å². The maximum Gasteiger partial charge on any atom is 0.334 e. The van der Waals surface area contributed by atoms with Gasteiger partial charge >= 0.3 is 11.9 Å². The first-order valence-corrected chi connectivity index (χ1v) is 34.5. The summed E-state index contributed by atoms with van der Waals surface area (Å²) in [6.07, 6.45) is 6.76. The highest BCUT2D eigenvalue weighted by Crippen LogP contribution is 2.31. The molecule has 1 aromatic carbocycles. The number of likely N-dealkylation sites (N-methyl/N-ethyl adjacent to an activating group) is 2. The summed E-state index contributed by atoms with van der Waals surface area (Å²) in [4.78, 5) is 135. The van der Waals surface area contributed by atoms with Crippen molar-refractivity contribution in [2.45, 2.75) is 182 Å². The fraction of sp³-hybridized carbons (Fsp3) is 0.642. The van der Waals surface area contributed by atoms with Crippen LogP contribution >= 0.6 is 0 Å². The third kappa shape index (κ3) is 28.7. The summed E-state index contributed by atoms with van der Waals surface area (Å²) in [6, 6.07) is 4.84. The van der Waals surface area contributed by atoms with Gasteiger partial charge in [0.05, 0.1) is 52.7 Å². The number of hydrogen-bond acceptors (Lipinski definition) is 18. The van der Waals surface area contributed by atoms with Crippen LogP contribution in [-0.4, -0.2) is 210 Å². The number of nitrogens with one attached hydrogen (secondary N) is 3. The average Bonchev–Trinajstić information content (AvgIpc) is 1.50. The largest absolute Gasteiger partial charge is 0.545 e. The predicted molar refractivity (Wildman–Crippen MR) is 353 cm³/mol. The lowest BCUT2D eigenvalue weighted by Crippen LogP contribution is -2.57. The molecule has 25 nitrogen and oxygen atoms in total. The van der Waals surface area contributed by atoms with Crippen molar-refractivity contribution in [3.8, 4) is 0 Å². The Balaban J connectivity index is 2.36. The topological polar surface area (TPSA) is 327 Å². The van der Waals surface area contributed by atoms with Crippen molar-refractivity contribution in [2.75, 3.05) is 80.0 Å². The molecule has 0 aliphatic carbocycles. The first kappa shape index (κ1) is 82.1. The molecule has 93 heavy (non-hydrogen) atoms. The lowest BCUT2D eigenvalue weighted by molar-refractivity contribution is -0.154. The molecular weight excluding hydrogens is 1220 g/mol. The molecule has 26 heteroatoms. The van der Waals surface area contributed by atoms with E-state index in [1.165, 1.54) is 47.0 Å². The molecule has 0 bridgehead atoms. The Kier molecular flexibility index (Phi) is 37.5. The Morgan fingerprint density at radius 2 is 1.32 bits per heavy atom. The predicted octanol–water partition coefficient (Wildman–Crippen LogP) is 5.80. The quantitative estimate of drug-likeness (QED) is 0.00979. The van der Waals surface area contributed by atoms with E-state index in [4.69, 9.17) is 38.3 Å². The molecule has 0 radical (unpaired) electrons. The SMILES string of the molecule is C=C(c1ccccc1)[C@H](C(=O)N(C)CC(=O)N[C@H](C(=O)N[C@H](C)C(=O)O)C(C)CC)N(C)C(=O)[C@H](C)NC(=O)[C@@H](CC(C)C)OC(=O)/C(C)=C/C(N)(CCO[Si-](CCC)(CCC)OCCOCCOCCOCCN1C(=O)C=CC1=O)C[C@H](OC=O)[C@H](C)C/C(C)=C/C. The van der Waals surface area contributed by atoms with Crippen LogP contribution < -0.4 is 21.7 Å². The van der Waals surface area contributed by atoms with Crippen LogP contribution in [-0.2, 0) is 80.5 Å². The lowest BCUT2D eigenvalue weighted by Gasteiger charge is -2.45. The molecule has 6 N–H and O–H groups in total. The number of aliphatic carboxylic acids is 1. The van der Waals surface area contributed by atoms with Gasteiger partial charge in [0, 0.05) is 57.0 Å². The molecule has 0 fully saturated rings. The molecule has 7 amide bonds. The molecule has 1 aromatic rings. The highest BCUT2D eigenvalue weighted by molar-refractivity contribution is 6.67. The highest BCUT2D eigenvalue weighted by Gasteiger charge is 2.39. The molecule has 0 spiro atoms. The van der Waals surface area contributed by atoms with Crippen molar-refractivity contribution in [1.82, 2.24) is 30.7 Å². The number of benzene rings is 1. The maximum absolute atomic E-state index is 14.5. The van der Waals surface area contributed by atoms with Crippen molar-refractivity contribution in [3.63, 3.8) is 0 Å². The standard InChI is InChI=1S/C67H107N7O18Si/c1-16-37-93(38-17-2,91-36-35-88-34-33-87-32-31-86-30-28-74-57(77)25-26-58(74)78)90-29-27-67(68,42-55(89-44-75)48(9)40-46(7)18-3)41-49(10)66(85)92-54(39-45(5)6)61(79)69-51(12)63(81)73(15)60(50(11)53-23-21-20-22-24-53)64(82)72(14)43-56(76)71-59(47(8)19-4)62(80)70-52(13)65(83)84/h18,20-26,41,44-45,47-48,51-52,54-55,59-60H,11,16-17,19,27-40,42-43,68H2,1-10,12-15H3,(H,69,79)(H,70,80)(H,71,76)(H,83,84)/q-1/b46-18+,49-41+/t47?,48-,51+,52-,54-,55+,59+,60-,67?/m1/s1. The number of allylic oxidation sites excluding steroid dienone is 2. The number of carbonyl (C=O) groups is 10. The molecule has 0 saturated heterocycles. The van der Waals surface area contributed by atoms with Crippen LogP contribution in [0.2, 0.25) is 12.1 Å². The fourth-order valence-electron chi connectivity index (χ4n) is 10.4. The van der Waals surface area contributed by atoms with Gasteiger partial charge in [0.15, 0.2) is 6.10 Å². The number of ether oxygens (including phenoxy) is 5. The first-order chi connectivity index (χ1) is 43.9. The van der Waals surface area contributed by atoms with E-state index in [2.05, 4.69) is 36.4 Å². The van der Waals surface area contributed by atoms with Crippen molar-refractivity contribution in [3.05, 3.63) is 77.9 Å². The van der Waals surface area contributed by atoms with Gasteiger partial charge in [0.2, 0.25) is 23.6 Å². The monoisotopic (exact) mass is 1330 g/mol. The fourth-order valence-corrected chi connectivity index (χ4v) is 13.8.